The Balaban J connectivity index is 0.000000131. The molecule has 20 aromatic rings. The predicted octanol–water partition coefficient (Wildman–Crippen LogP) is 33.3. The van der Waals surface area contributed by atoms with Gasteiger partial charge in [0.15, 0.2) is 24.8 Å². The monoisotopic (exact) mass is 1850 g/mol. The minimum atomic E-state index is -4.00. The van der Waals surface area contributed by atoms with Crippen LogP contribution in [0, 0.1) is 39.5 Å². The van der Waals surface area contributed by atoms with Crippen molar-refractivity contribution in [2.75, 3.05) is 0 Å². The van der Waals surface area contributed by atoms with Crippen LogP contribution in [0.5, 0.6) is 0 Å². The highest BCUT2D eigenvalue weighted by atomic mass is 16.3. The number of hydrogen-bond donors (Lipinski definition) is 0. The summed E-state index contributed by atoms with van der Waals surface area (Å²) in [6, 6.07) is 74.8. The zero-order valence-electron chi connectivity index (χ0n) is 113. The summed E-state index contributed by atoms with van der Waals surface area (Å²) >= 11 is 0. The first-order chi connectivity index (χ1) is 78.5. The van der Waals surface area contributed by atoms with E-state index >= 15 is 0 Å². The lowest BCUT2D eigenvalue weighted by Crippen LogP contribution is -2.31. The molecule has 0 fully saturated rings. The normalized spacial score (nSPS) is 21.1. The summed E-state index contributed by atoms with van der Waals surface area (Å²) in [6.07, 6.45) is 2.47. The molecular formula is C130H132N4O4+4. The Morgan fingerprint density at radius 3 is 1.07 bits per heavy atom. The fourth-order valence-corrected chi connectivity index (χ4v) is 22.1. The van der Waals surface area contributed by atoms with Crippen LogP contribution >= 0.6 is 0 Å². The predicted molar refractivity (Wildman–Crippen MR) is 574 cm³/mol. The van der Waals surface area contributed by atoms with Crippen LogP contribution in [0.4, 0.5) is 0 Å². The van der Waals surface area contributed by atoms with Crippen molar-refractivity contribution in [3.63, 3.8) is 0 Å². The van der Waals surface area contributed by atoms with Crippen LogP contribution in [-0.4, -0.2) is 0 Å². The van der Waals surface area contributed by atoms with Crippen LogP contribution in [0.2, 0.25) is 0 Å². The standard InChI is InChI=1S/C37H42NO.3C31H30NO/c1-22(2)20-37(21-23(3)4)30-12-10-9-11-29(30)34-31(37)16-15-28-27-14-13-25(7)33(35(27)39-36(28)34)32-19-26(24(5)6)17-18-38(32)8;1-18(2)20-13-14-32(6)27(15-20)29-19(3)11-12-22-24-16-26-23(17-28(24)33-30(22)29)21-9-7-8-10-25(21)31(26,4)5;1-18(2)20-13-14-32(6)27(15-20)29-19(3)11-12-22-24-16-23-21-9-7-8-10-25(21)31(4,5)26(23)17-28(24)33-30(22)29;1-18(2)20-15-16-32(6)26(17-20)27-19(3)11-12-23-24-14-13-22-21-9-7-8-10-25(21)31(4,5)28(22)30(24)33-29(23)27/h9-19,22-24H,20-21H2,1-8H3;3*7-18H,1-6H3/q4*+1/i1D3,2D3,3D3,4D3,20D2,22D,23D,24D;4D3,18D;4D3,5D3,18D;4D3,18D. The first kappa shape index (κ1) is 60.9. The molecule has 0 amide bonds. The van der Waals surface area contributed by atoms with Gasteiger partial charge in [-0.3, -0.25) is 0 Å². The lowest BCUT2D eigenvalue weighted by molar-refractivity contribution is -0.660. The van der Waals surface area contributed by atoms with Gasteiger partial charge in [0, 0.05) is 168 Å². The fourth-order valence-electron chi connectivity index (χ4n) is 22.1. The molecule has 8 aromatic heterocycles. The molecule has 0 radical (unpaired) electrons. The molecular weight excluding hydrogens is 1680 g/mol. The number of furan rings is 4. The van der Waals surface area contributed by atoms with Crippen molar-refractivity contribution < 1.29 is 79.8 Å². The Hall–Kier alpha value is -13.6. The van der Waals surface area contributed by atoms with Gasteiger partial charge in [-0.15, -0.1) is 0 Å². The van der Waals surface area contributed by atoms with E-state index in [1.807, 2.05) is 265 Å². The molecule has 12 aromatic carbocycles. The van der Waals surface area contributed by atoms with Gasteiger partial charge in [-0.2, -0.15) is 0 Å². The Kier molecular flexibility index (Phi) is 14.9. The van der Waals surface area contributed by atoms with Gasteiger partial charge in [0.25, 0.3) is 0 Å². The maximum absolute atomic E-state index is 9.73. The van der Waals surface area contributed by atoms with Crippen molar-refractivity contribution in [3.05, 3.63) is 356 Å². The number of fused-ring (bicyclic) bond motifs is 26. The van der Waals surface area contributed by atoms with Gasteiger partial charge in [0.2, 0.25) is 22.8 Å². The fraction of sp³-hybridized carbons (Fsp3) is 0.292. The molecule has 8 heterocycles. The number of aryl methyl sites for hydroxylation is 8. The van der Waals surface area contributed by atoms with E-state index < -0.39 is 125 Å². The van der Waals surface area contributed by atoms with Crippen LogP contribution in [0.1, 0.15) is 293 Å². The molecule has 0 saturated heterocycles. The highest BCUT2D eigenvalue weighted by Crippen LogP contribution is 2.60. The van der Waals surface area contributed by atoms with Crippen LogP contribution in [0.25, 0.3) is 177 Å². The highest BCUT2D eigenvalue weighted by molar-refractivity contribution is 6.17. The highest BCUT2D eigenvalue weighted by Gasteiger charge is 2.47. The molecule has 0 N–H and O–H groups in total. The number of benzene rings is 12. The average Bonchev–Trinajstić information content (AvgIpc) is 1.19. The molecule has 0 spiro atoms. The van der Waals surface area contributed by atoms with Gasteiger partial charge in [0.1, 0.15) is 72.9 Å². The number of hydrogen-bond acceptors (Lipinski definition) is 4. The third-order valence-electron chi connectivity index (χ3n) is 29.4. The summed E-state index contributed by atoms with van der Waals surface area (Å²) in [5, 5.41) is 6.49. The van der Waals surface area contributed by atoms with E-state index in [4.69, 9.17) is 56.0 Å². The topological polar surface area (TPSA) is 68.1 Å². The maximum Gasteiger partial charge on any atom is 0.216 e. The van der Waals surface area contributed by atoms with E-state index in [0.29, 0.717) is 61.1 Å². The van der Waals surface area contributed by atoms with Crippen LogP contribution < -0.4 is 18.3 Å². The summed E-state index contributed by atoms with van der Waals surface area (Å²) in [5.41, 5.74) is 20.1. The third-order valence-corrected chi connectivity index (χ3v) is 29.4. The summed E-state index contributed by atoms with van der Waals surface area (Å²) in [7, 11) is 7.79. The quantitative estimate of drug-likeness (QED) is 0.114. The van der Waals surface area contributed by atoms with Crippen molar-refractivity contribution in [2.45, 2.75) is 210 Å². The Labute approximate surface area is 859 Å². The van der Waals surface area contributed by atoms with Crippen molar-refractivity contribution in [3.8, 4) is 89.5 Å². The molecule has 24 rings (SSSR count). The molecule has 0 aliphatic heterocycles. The van der Waals surface area contributed by atoms with E-state index in [1.54, 1.807) is 50.2 Å². The van der Waals surface area contributed by atoms with Gasteiger partial charge in [-0.1, -0.05) is 288 Å². The molecule has 4 aliphatic carbocycles. The second kappa shape index (κ2) is 33.7. The summed E-state index contributed by atoms with van der Waals surface area (Å²) < 4.78 is 309. The molecule has 138 heavy (non-hydrogen) atoms. The number of pyridine rings is 4. The smallest absolute Gasteiger partial charge is 0.216 e. The van der Waals surface area contributed by atoms with Crippen molar-refractivity contribution in [2.24, 2.45) is 40.0 Å². The van der Waals surface area contributed by atoms with E-state index in [9.17, 15) is 5.48 Å². The van der Waals surface area contributed by atoms with Gasteiger partial charge >= 0.3 is 0 Å². The average molecular weight is 1850 g/mol. The van der Waals surface area contributed by atoms with Gasteiger partial charge in [-0.25, -0.2) is 18.3 Å². The second-order valence-electron chi connectivity index (χ2n) is 39.4. The Morgan fingerprint density at radius 2 is 0.630 bits per heavy atom. The van der Waals surface area contributed by atoms with Crippen LogP contribution in [0.15, 0.2) is 285 Å². The van der Waals surface area contributed by atoms with Gasteiger partial charge in [-0.05, 0) is 229 Å². The first-order valence-corrected chi connectivity index (χ1v) is 46.9. The Morgan fingerprint density at radius 1 is 0.290 bits per heavy atom. The van der Waals surface area contributed by atoms with Crippen molar-refractivity contribution in [1.29, 1.82) is 0 Å². The molecule has 8 heteroatoms. The molecule has 692 valence electrons. The largest absolute Gasteiger partial charge is 0.455 e. The molecule has 8 nitrogen and oxygen atoms in total. The van der Waals surface area contributed by atoms with E-state index in [-0.39, 0.29) is 33.4 Å². The molecule has 3 atom stereocenters. The SMILES string of the molecule is [2H]C(C)(C)c1cc[n+](C)c(-c2c(C)ccc3c2oc2c4c(ccc23)-c2ccccc2C4(C)C([2H])([2H])[2H])c1.[2H]C(C)(C)c1cc[n+](C)c(-c2c(C)ccc3c2oc2c4c(ccc23)C(CC([2H])(C([2H])([2H])[2H])C([2H])([2H])[2H])(C([2H])([2H])C([2H])(C([2H])([2H])[2H])C([2H])([2H])[2H])c2ccccc2-4)c1.[2H]C(C)(C)c1cc[n+](C)c(-c2c(C)ccc3c2oc2cc4c(cc23)-c2ccccc2C4(C([2H])([2H])[2H])C([2H])([2H])[2H])c1.[2H]C(C)(C)c1cc[n+](C)c(-c2c(C)ccc3c2oc2cc4c(cc23)C(C)(C([2H])([2H])[2H])c2ccccc2-4)c1. The maximum atomic E-state index is 9.73. The molecule has 0 saturated carbocycles. The van der Waals surface area contributed by atoms with E-state index in [0.717, 1.165) is 172 Å². The van der Waals surface area contributed by atoms with Crippen molar-refractivity contribution >= 4 is 87.8 Å². The molecule has 0 bridgehead atoms. The zero-order valence-corrected chi connectivity index (χ0v) is 81.0. The van der Waals surface area contributed by atoms with Gasteiger partial charge < -0.3 is 17.7 Å². The van der Waals surface area contributed by atoms with Gasteiger partial charge in [0.05, 0.1) is 22.3 Å². The number of aromatic nitrogens is 4. The summed E-state index contributed by atoms with van der Waals surface area (Å²) in [5.74, 6) is -10.7. The first-order valence-electron chi connectivity index (χ1n) is 62.9. The number of rotatable bonds is 12. The third kappa shape index (κ3) is 14.4. The van der Waals surface area contributed by atoms with E-state index in [2.05, 4.69) is 65.4 Å². The summed E-state index contributed by atoms with van der Waals surface area (Å²) in [6.45, 7) is 1.27. The lowest BCUT2D eigenvalue weighted by Gasteiger charge is -2.35. The summed E-state index contributed by atoms with van der Waals surface area (Å²) in [4.78, 5) is 0. The van der Waals surface area contributed by atoms with Crippen molar-refractivity contribution in [1.82, 2.24) is 0 Å². The van der Waals surface area contributed by atoms with Crippen LogP contribution in [0.3, 0.4) is 0 Å². The second-order valence-corrected chi connectivity index (χ2v) is 39.4. The molecule has 3 unspecified atom stereocenters. The minimum Gasteiger partial charge on any atom is -0.455 e. The zero-order chi connectivity index (χ0) is 124. The van der Waals surface area contributed by atoms with Crippen LogP contribution in [-0.2, 0) is 49.9 Å². The minimum absolute atomic E-state index is 0.115. The number of nitrogens with zero attached hydrogens (tertiary/aromatic N) is 4. The van der Waals surface area contributed by atoms with E-state index in [1.165, 1.54) is 30.3 Å². The lowest BCUT2D eigenvalue weighted by atomic mass is 9.68. The molecule has 4 aliphatic rings. The Bertz CT molecular complexity index is 9870.